The predicted octanol–water partition coefficient (Wildman–Crippen LogP) is 5.04. The highest BCUT2D eigenvalue weighted by Crippen LogP contribution is 2.15. The number of benzene rings is 3. The van der Waals surface area contributed by atoms with Gasteiger partial charge in [-0.05, 0) is 29.5 Å². The molecule has 3 aromatic carbocycles. The third-order valence-electron chi connectivity index (χ3n) is 4.56. The number of aliphatic carboxylic acids is 2. The predicted molar refractivity (Wildman–Crippen MR) is 118 cm³/mol. The van der Waals surface area contributed by atoms with E-state index < -0.39 is 11.9 Å². The van der Waals surface area contributed by atoms with Gasteiger partial charge in [0.1, 0.15) is 0 Å². The van der Waals surface area contributed by atoms with Gasteiger partial charge in [-0.25, -0.2) is 4.79 Å². The van der Waals surface area contributed by atoms with Gasteiger partial charge in [-0.15, -0.1) is 0 Å². The zero-order valence-corrected chi connectivity index (χ0v) is 16.8. The van der Waals surface area contributed by atoms with Gasteiger partial charge < -0.3 is 10.2 Å². The van der Waals surface area contributed by atoms with Gasteiger partial charge in [0.05, 0.1) is 5.92 Å². The van der Waals surface area contributed by atoms with Gasteiger partial charge in [0.25, 0.3) is 0 Å². The maximum absolute atomic E-state index is 11.3. The molecule has 0 bridgehead atoms. The van der Waals surface area contributed by atoms with Gasteiger partial charge in [-0.1, -0.05) is 97.6 Å². The minimum absolute atomic E-state index is 0.223. The van der Waals surface area contributed by atoms with E-state index >= 15 is 0 Å². The van der Waals surface area contributed by atoms with Crippen LogP contribution < -0.4 is 0 Å². The molecule has 0 fully saturated rings. The van der Waals surface area contributed by atoms with E-state index in [-0.39, 0.29) is 11.5 Å². The summed E-state index contributed by atoms with van der Waals surface area (Å²) in [5.41, 5.74) is 3.34. The average Bonchev–Trinajstić information content (AvgIpc) is 2.76. The zero-order chi connectivity index (χ0) is 21.8. The van der Waals surface area contributed by atoms with Gasteiger partial charge in [-0.2, -0.15) is 0 Å². The van der Waals surface area contributed by atoms with Crippen LogP contribution in [0.5, 0.6) is 0 Å². The minimum atomic E-state index is -0.932. The molecular formula is C26H26O4. The van der Waals surface area contributed by atoms with Crippen molar-refractivity contribution in [2.45, 2.75) is 19.3 Å². The normalized spacial score (nSPS) is 10.0. The van der Waals surface area contributed by atoms with E-state index in [1.165, 1.54) is 0 Å². The van der Waals surface area contributed by atoms with Crippen molar-refractivity contribution in [2.24, 2.45) is 5.92 Å². The molecule has 30 heavy (non-hydrogen) atoms. The first-order valence-corrected chi connectivity index (χ1v) is 9.71. The van der Waals surface area contributed by atoms with E-state index in [9.17, 15) is 14.7 Å². The molecule has 0 aliphatic carbocycles. The van der Waals surface area contributed by atoms with E-state index in [1.54, 1.807) is 0 Å². The molecule has 4 nitrogen and oxygen atoms in total. The van der Waals surface area contributed by atoms with Crippen LogP contribution in [0.25, 0.3) is 0 Å². The molecule has 4 heteroatoms. The standard InChI is InChI=1S/C16H16O2.C10H10O2/c17-16(18)15(11-13-7-3-1-4-8-13)12-14-9-5-2-6-10-14;1-8(10(11)12)7-9-5-3-2-4-6-9/h1-10,15H,11-12H2,(H,17,18);2-6H,1,7H2,(H,11,12). The lowest BCUT2D eigenvalue weighted by atomic mass is 9.93. The molecule has 0 radical (unpaired) electrons. The summed E-state index contributed by atoms with van der Waals surface area (Å²) in [5.74, 6) is -2.03. The van der Waals surface area contributed by atoms with Crippen LogP contribution in [0.15, 0.2) is 103 Å². The largest absolute Gasteiger partial charge is 0.481 e. The molecule has 154 valence electrons. The number of carboxylic acids is 2. The van der Waals surface area contributed by atoms with E-state index in [2.05, 4.69) is 6.58 Å². The Morgan fingerprint density at radius 1 is 0.667 bits per heavy atom. The highest BCUT2D eigenvalue weighted by Gasteiger charge is 2.18. The first kappa shape index (κ1) is 22.6. The minimum Gasteiger partial charge on any atom is -0.481 e. The Bertz CT molecular complexity index is 893. The second-order valence-corrected chi connectivity index (χ2v) is 6.99. The van der Waals surface area contributed by atoms with Gasteiger partial charge in [0.2, 0.25) is 0 Å². The topological polar surface area (TPSA) is 74.6 Å². The first-order valence-electron chi connectivity index (χ1n) is 9.71. The molecule has 0 amide bonds. The molecular weight excluding hydrogens is 376 g/mol. The Balaban J connectivity index is 0.000000232. The van der Waals surface area contributed by atoms with Crippen LogP contribution >= 0.6 is 0 Å². The van der Waals surface area contributed by atoms with Gasteiger partial charge >= 0.3 is 11.9 Å². The number of carbonyl (C=O) groups is 2. The molecule has 3 rings (SSSR count). The first-order chi connectivity index (χ1) is 14.5. The molecule has 0 unspecified atom stereocenters. The summed E-state index contributed by atoms with van der Waals surface area (Å²) >= 11 is 0. The van der Waals surface area contributed by atoms with Crippen molar-refractivity contribution in [3.05, 3.63) is 120 Å². The van der Waals surface area contributed by atoms with Crippen LogP contribution in [0.4, 0.5) is 0 Å². The van der Waals surface area contributed by atoms with Gasteiger partial charge in [0, 0.05) is 12.0 Å². The van der Waals surface area contributed by atoms with Crippen LogP contribution in [-0.4, -0.2) is 22.2 Å². The Morgan fingerprint density at radius 3 is 1.37 bits per heavy atom. The van der Waals surface area contributed by atoms with Crippen molar-refractivity contribution in [2.75, 3.05) is 0 Å². The Labute approximate surface area is 177 Å². The van der Waals surface area contributed by atoms with Crippen molar-refractivity contribution < 1.29 is 19.8 Å². The summed E-state index contributed by atoms with van der Waals surface area (Å²) < 4.78 is 0. The van der Waals surface area contributed by atoms with Crippen LogP contribution in [0.3, 0.4) is 0 Å². The molecule has 0 saturated heterocycles. The van der Waals surface area contributed by atoms with Crippen molar-refractivity contribution >= 4 is 11.9 Å². The summed E-state index contributed by atoms with van der Waals surface area (Å²) in [6, 6.07) is 29.0. The van der Waals surface area contributed by atoms with Crippen LogP contribution in [0, 0.1) is 5.92 Å². The zero-order valence-electron chi connectivity index (χ0n) is 16.8. The van der Waals surface area contributed by atoms with Crippen LogP contribution in [0.1, 0.15) is 16.7 Å². The van der Waals surface area contributed by atoms with Crippen molar-refractivity contribution in [1.82, 2.24) is 0 Å². The fraction of sp³-hybridized carbons (Fsp3) is 0.154. The summed E-state index contributed by atoms with van der Waals surface area (Å²) in [6.45, 7) is 3.45. The second-order valence-electron chi connectivity index (χ2n) is 6.99. The lowest BCUT2D eigenvalue weighted by Gasteiger charge is -2.12. The molecule has 0 heterocycles. The van der Waals surface area contributed by atoms with Gasteiger partial charge in [0.15, 0.2) is 0 Å². The average molecular weight is 402 g/mol. The quantitative estimate of drug-likeness (QED) is 0.518. The summed E-state index contributed by atoms with van der Waals surface area (Å²) in [6.07, 6.45) is 1.56. The lowest BCUT2D eigenvalue weighted by molar-refractivity contribution is -0.141. The van der Waals surface area contributed by atoms with E-state index in [0.29, 0.717) is 19.3 Å². The van der Waals surface area contributed by atoms with Crippen LogP contribution in [0.2, 0.25) is 0 Å². The van der Waals surface area contributed by atoms with Crippen molar-refractivity contribution in [1.29, 1.82) is 0 Å². The molecule has 2 N–H and O–H groups in total. The third kappa shape index (κ3) is 8.15. The van der Waals surface area contributed by atoms with E-state index in [1.807, 2.05) is 91.0 Å². The maximum atomic E-state index is 11.3. The SMILES string of the molecule is C=C(Cc1ccccc1)C(=O)O.O=C(O)C(Cc1ccccc1)Cc1ccccc1. The Hall–Kier alpha value is -3.66. The summed E-state index contributed by atoms with van der Waals surface area (Å²) in [5, 5.41) is 17.8. The maximum Gasteiger partial charge on any atom is 0.331 e. The highest BCUT2D eigenvalue weighted by atomic mass is 16.4. The van der Waals surface area contributed by atoms with E-state index in [0.717, 1.165) is 16.7 Å². The van der Waals surface area contributed by atoms with E-state index in [4.69, 9.17) is 5.11 Å². The fourth-order valence-corrected chi connectivity index (χ4v) is 2.96. The van der Waals surface area contributed by atoms with Gasteiger partial charge in [-0.3, -0.25) is 4.79 Å². The number of carboxylic acid groups (broad SMARTS) is 2. The molecule has 0 aromatic heterocycles. The van der Waals surface area contributed by atoms with Crippen molar-refractivity contribution in [3.63, 3.8) is 0 Å². The highest BCUT2D eigenvalue weighted by molar-refractivity contribution is 5.86. The molecule has 0 spiro atoms. The summed E-state index contributed by atoms with van der Waals surface area (Å²) in [4.78, 5) is 21.7. The Kier molecular flexibility index (Phi) is 9.07. The molecule has 0 atom stereocenters. The molecule has 3 aromatic rings. The smallest absolute Gasteiger partial charge is 0.331 e. The third-order valence-corrected chi connectivity index (χ3v) is 4.56. The molecule has 0 saturated carbocycles. The number of hydrogen-bond acceptors (Lipinski definition) is 2. The number of hydrogen-bond donors (Lipinski definition) is 2. The lowest BCUT2D eigenvalue weighted by Crippen LogP contribution is -2.19. The second kappa shape index (κ2) is 12.0. The van der Waals surface area contributed by atoms with Crippen molar-refractivity contribution in [3.8, 4) is 0 Å². The summed E-state index contributed by atoms with van der Waals surface area (Å²) in [7, 11) is 0. The number of rotatable bonds is 8. The van der Waals surface area contributed by atoms with Crippen LogP contribution in [-0.2, 0) is 28.9 Å². The monoisotopic (exact) mass is 402 g/mol. The molecule has 0 aliphatic rings. The molecule has 0 aliphatic heterocycles. The fourth-order valence-electron chi connectivity index (χ4n) is 2.96. The Morgan fingerprint density at radius 2 is 1.03 bits per heavy atom.